The third kappa shape index (κ3) is 3.21. The van der Waals surface area contributed by atoms with Crippen LogP contribution < -0.4 is 5.32 Å². The largest absolute Gasteiger partial charge is 0.379 e. The van der Waals surface area contributed by atoms with E-state index >= 15 is 0 Å². The lowest BCUT2D eigenvalue weighted by Crippen LogP contribution is -2.42. The van der Waals surface area contributed by atoms with Crippen molar-refractivity contribution in [3.63, 3.8) is 0 Å². The van der Waals surface area contributed by atoms with Gasteiger partial charge in [0.25, 0.3) is 0 Å². The molecule has 1 atom stereocenters. The molecule has 0 saturated carbocycles. The third-order valence-corrected chi connectivity index (χ3v) is 2.72. The van der Waals surface area contributed by atoms with Gasteiger partial charge in [0, 0.05) is 37.6 Å². The van der Waals surface area contributed by atoms with Crippen LogP contribution in [0.4, 0.5) is 5.95 Å². The van der Waals surface area contributed by atoms with E-state index in [0.717, 1.165) is 44.5 Å². The van der Waals surface area contributed by atoms with Crippen molar-refractivity contribution in [3.05, 3.63) is 11.9 Å². The molecular weight excluding hydrogens is 204 g/mol. The van der Waals surface area contributed by atoms with Crippen LogP contribution in [0, 0.1) is 6.92 Å². The molecule has 1 fully saturated rings. The number of ether oxygens (including phenoxy) is 1. The van der Waals surface area contributed by atoms with Gasteiger partial charge in [-0.25, -0.2) is 4.98 Å². The summed E-state index contributed by atoms with van der Waals surface area (Å²) < 4.78 is 5.32. The van der Waals surface area contributed by atoms with E-state index in [1.54, 1.807) is 0 Å². The lowest BCUT2D eigenvalue weighted by atomic mass is 10.3. The number of hydrogen-bond acceptors (Lipinski definition) is 4. The molecule has 16 heavy (non-hydrogen) atoms. The zero-order valence-corrected chi connectivity index (χ0v) is 9.99. The summed E-state index contributed by atoms with van der Waals surface area (Å²) in [6.45, 7) is 8.98. The monoisotopic (exact) mass is 224 g/mol. The number of H-pyrrole nitrogens is 1. The number of morpholine rings is 1. The summed E-state index contributed by atoms with van der Waals surface area (Å²) in [7, 11) is 0. The average molecular weight is 224 g/mol. The number of hydrogen-bond donors (Lipinski definition) is 2. The predicted molar refractivity (Wildman–Crippen MR) is 63.7 cm³/mol. The molecule has 2 rings (SSSR count). The quantitative estimate of drug-likeness (QED) is 0.796. The van der Waals surface area contributed by atoms with Crippen LogP contribution in [-0.4, -0.2) is 53.8 Å². The maximum atomic E-state index is 5.32. The molecule has 2 N–H and O–H groups in total. The first-order valence-electron chi connectivity index (χ1n) is 5.82. The van der Waals surface area contributed by atoms with Gasteiger partial charge >= 0.3 is 0 Å². The topological polar surface area (TPSA) is 53.2 Å². The molecule has 1 aromatic rings. The summed E-state index contributed by atoms with van der Waals surface area (Å²) in [5.74, 6) is 0.859. The van der Waals surface area contributed by atoms with E-state index in [1.165, 1.54) is 0 Å². The first-order chi connectivity index (χ1) is 7.74. The van der Waals surface area contributed by atoms with Gasteiger partial charge in [-0.05, 0) is 13.8 Å². The van der Waals surface area contributed by atoms with Crippen molar-refractivity contribution in [3.8, 4) is 0 Å². The van der Waals surface area contributed by atoms with Gasteiger partial charge in [0.15, 0.2) is 0 Å². The van der Waals surface area contributed by atoms with E-state index in [2.05, 4.69) is 27.1 Å². The number of aryl methyl sites for hydroxylation is 1. The summed E-state index contributed by atoms with van der Waals surface area (Å²) in [6, 6.07) is 0.392. The van der Waals surface area contributed by atoms with Crippen molar-refractivity contribution in [2.45, 2.75) is 19.9 Å². The van der Waals surface area contributed by atoms with Gasteiger partial charge in [-0.15, -0.1) is 0 Å². The fraction of sp³-hybridized carbons (Fsp3) is 0.727. The summed E-state index contributed by atoms with van der Waals surface area (Å²) in [5.41, 5.74) is 1.08. The Labute approximate surface area is 96.2 Å². The molecule has 1 unspecified atom stereocenters. The number of rotatable bonds is 4. The Morgan fingerprint density at radius 1 is 1.56 bits per heavy atom. The van der Waals surface area contributed by atoms with Crippen LogP contribution in [0.15, 0.2) is 6.20 Å². The van der Waals surface area contributed by atoms with Crippen molar-refractivity contribution < 1.29 is 4.74 Å². The Morgan fingerprint density at radius 2 is 2.31 bits per heavy atom. The third-order valence-electron chi connectivity index (χ3n) is 2.72. The van der Waals surface area contributed by atoms with E-state index in [-0.39, 0.29) is 0 Å². The zero-order valence-electron chi connectivity index (χ0n) is 9.99. The van der Waals surface area contributed by atoms with Gasteiger partial charge in [-0.1, -0.05) is 0 Å². The minimum Gasteiger partial charge on any atom is -0.379 e. The molecule has 0 bridgehead atoms. The van der Waals surface area contributed by atoms with Gasteiger partial charge in [-0.2, -0.15) is 0 Å². The van der Waals surface area contributed by atoms with Gasteiger partial charge in [0.1, 0.15) is 0 Å². The Hall–Kier alpha value is -1.07. The molecule has 5 nitrogen and oxygen atoms in total. The van der Waals surface area contributed by atoms with E-state index in [1.807, 2.05) is 13.1 Å². The second-order valence-corrected chi connectivity index (χ2v) is 4.37. The molecule has 1 aliphatic heterocycles. The Kier molecular flexibility index (Phi) is 3.79. The first kappa shape index (κ1) is 11.4. The average Bonchev–Trinajstić information content (AvgIpc) is 2.65. The fourth-order valence-corrected chi connectivity index (χ4v) is 1.94. The second-order valence-electron chi connectivity index (χ2n) is 4.37. The molecule has 0 aromatic carbocycles. The van der Waals surface area contributed by atoms with Crippen LogP contribution in [0.5, 0.6) is 0 Å². The molecule has 0 spiro atoms. The highest BCUT2D eigenvalue weighted by Crippen LogP contribution is 2.05. The Balaban J connectivity index is 1.77. The molecule has 90 valence electrons. The normalized spacial score (nSPS) is 19.6. The Bertz CT molecular complexity index is 320. The molecule has 1 saturated heterocycles. The molecule has 2 heterocycles. The highest BCUT2D eigenvalue weighted by molar-refractivity contribution is 5.27. The van der Waals surface area contributed by atoms with E-state index in [4.69, 9.17) is 4.74 Å². The molecule has 0 radical (unpaired) electrons. The molecule has 0 aliphatic carbocycles. The molecule has 5 heteroatoms. The minimum absolute atomic E-state index is 0.392. The van der Waals surface area contributed by atoms with E-state index < -0.39 is 0 Å². The fourth-order valence-electron chi connectivity index (χ4n) is 1.94. The van der Waals surface area contributed by atoms with Crippen molar-refractivity contribution in [2.24, 2.45) is 0 Å². The second kappa shape index (κ2) is 5.32. The Morgan fingerprint density at radius 3 is 2.94 bits per heavy atom. The van der Waals surface area contributed by atoms with E-state index in [0.29, 0.717) is 6.04 Å². The number of nitrogens with one attached hydrogen (secondary N) is 2. The van der Waals surface area contributed by atoms with Crippen LogP contribution in [-0.2, 0) is 4.74 Å². The number of aromatic amines is 1. The maximum Gasteiger partial charge on any atom is 0.200 e. The van der Waals surface area contributed by atoms with Crippen molar-refractivity contribution >= 4 is 5.95 Å². The van der Waals surface area contributed by atoms with Crippen LogP contribution in [0.1, 0.15) is 12.6 Å². The SMILES string of the molecule is Cc1cnc(NC(C)CN2CCOCC2)[nH]1. The molecule has 1 aromatic heterocycles. The summed E-state index contributed by atoms with van der Waals surface area (Å²) in [5, 5.41) is 3.36. The van der Waals surface area contributed by atoms with Gasteiger partial charge in [-0.3, -0.25) is 4.90 Å². The van der Waals surface area contributed by atoms with Gasteiger partial charge < -0.3 is 15.0 Å². The highest BCUT2D eigenvalue weighted by atomic mass is 16.5. The van der Waals surface area contributed by atoms with Crippen LogP contribution in [0.25, 0.3) is 0 Å². The first-order valence-corrected chi connectivity index (χ1v) is 5.82. The van der Waals surface area contributed by atoms with Crippen molar-refractivity contribution in [1.29, 1.82) is 0 Å². The maximum absolute atomic E-state index is 5.32. The van der Waals surface area contributed by atoms with Crippen LogP contribution >= 0.6 is 0 Å². The number of aromatic nitrogens is 2. The van der Waals surface area contributed by atoms with Gasteiger partial charge in [0.05, 0.1) is 13.2 Å². The molecule has 1 aliphatic rings. The standard InChI is InChI=1S/C11H20N4O/c1-9-7-12-11(13-9)14-10(2)8-15-3-5-16-6-4-15/h7,10H,3-6,8H2,1-2H3,(H2,12,13,14). The molecule has 0 amide bonds. The number of anilines is 1. The molecular formula is C11H20N4O. The lowest BCUT2D eigenvalue weighted by Gasteiger charge is -2.29. The van der Waals surface area contributed by atoms with Crippen molar-refractivity contribution in [1.82, 2.24) is 14.9 Å². The highest BCUT2D eigenvalue weighted by Gasteiger charge is 2.13. The van der Waals surface area contributed by atoms with Crippen molar-refractivity contribution in [2.75, 3.05) is 38.2 Å². The smallest absolute Gasteiger partial charge is 0.200 e. The van der Waals surface area contributed by atoms with Gasteiger partial charge in [0.2, 0.25) is 5.95 Å². The summed E-state index contributed by atoms with van der Waals surface area (Å²) in [4.78, 5) is 9.83. The lowest BCUT2D eigenvalue weighted by molar-refractivity contribution is 0.0368. The summed E-state index contributed by atoms with van der Waals surface area (Å²) >= 11 is 0. The van der Waals surface area contributed by atoms with E-state index in [9.17, 15) is 0 Å². The number of imidazole rings is 1. The zero-order chi connectivity index (χ0) is 11.4. The van der Waals surface area contributed by atoms with Crippen LogP contribution in [0.3, 0.4) is 0 Å². The number of nitrogens with zero attached hydrogens (tertiary/aromatic N) is 2. The predicted octanol–water partition coefficient (Wildman–Crippen LogP) is 0.851. The minimum atomic E-state index is 0.392. The van der Waals surface area contributed by atoms with Crippen LogP contribution in [0.2, 0.25) is 0 Å². The summed E-state index contributed by atoms with van der Waals surface area (Å²) in [6.07, 6.45) is 1.84.